The van der Waals surface area contributed by atoms with E-state index in [0.29, 0.717) is 29.3 Å². The Morgan fingerprint density at radius 2 is 1.79 bits per heavy atom. The molecule has 1 saturated carbocycles. The number of aliphatic hydroxyl groups is 1. The van der Waals surface area contributed by atoms with Gasteiger partial charge >= 0.3 is 6.18 Å². The Hall–Kier alpha value is -2.78. The van der Waals surface area contributed by atoms with Crippen molar-refractivity contribution in [1.82, 2.24) is 9.80 Å². The van der Waals surface area contributed by atoms with Crippen molar-refractivity contribution in [2.45, 2.75) is 43.9 Å². The normalized spacial score (nSPS) is 20.1. The molecule has 1 aliphatic heterocycles. The molecule has 1 aliphatic carbocycles. The highest BCUT2D eigenvalue weighted by Crippen LogP contribution is 2.61. The van der Waals surface area contributed by atoms with Gasteiger partial charge in [-0.25, -0.2) is 0 Å². The minimum absolute atomic E-state index is 0.0668. The molecule has 2 aromatic rings. The number of rotatable bonds is 8. The number of carbonyl (C=O) groups excluding carboxylic acids is 2. The van der Waals surface area contributed by atoms with Gasteiger partial charge in [0.1, 0.15) is 0 Å². The van der Waals surface area contributed by atoms with Crippen LogP contribution in [0.3, 0.4) is 0 Å². The van der Waals surface area contributed by atoms with E-state index in [2.05, 4.69) is 5.32 Å². The number of benzene rings is 2. The summed E-state index contributed by atoms with van der Waals surface area (Å²) in [6.07, 6.45) is -0.963. The summed E-state index contributed by atoms with van der Waals surface area (Å²) in [4.78, 5) is 27.7. The zero-order chi connectivity index (χ0) is 27.7. The molecule has 6 nitrogen and oxygen atoms in total. The molecule has 0 bridgehead atoms. The molecular weight excluding hydrogens is 519 g/mol. The third-order valence-corrected chi connectivity index (χ3v) is 8.29. The van der Waals surface area contributed by atoms with Gasteiger partial charge in [-0.3, -0.25) is 9.59 Å². The fourth-order valence-electron chi connectivity index (χ4n) is 5.54. The molecule has 0 radical (unpaired) electrons. The van der Waals surface area contributed by atoms with Crippen LogP contribution in [0.25, 0.3) is 0 Å². The Kier molecular flexibility index (Phi) is 8.00. The molecule has 0 unspecified atom stereocenters. The van der Waals surface area contributed by atoms with Crippen molar-refractivity contribution in [3.05, 3.63) is 64.7 Å². The van der Waals surface area contributed by atoms with Crippen LogP contribution in [0.15, 0.2) is 48.5 Å². The largest absolute Gasteiger partial charge is 0.430 e. The van der Waals surface area contributed by atoms with Crippen LogP contribution in [0.1, 0.15) is 48.0 Å². The first-order chi connectivity index (χ1) is 17.9. The van der Waals surface area contributed by atoms with Gasteiger partial charge < -0.3 is 20.2 Å². The highest BCUT2D eigenvalue weighted by Gasteiger charge is 2.63. The number of piperidine rings is 1. The number of nitrogens with zero attached hydrogens (tertiary/aromatic N) is 2. The number of alkyl halides is 3. The van der Waals surface area contributed by atoms with Crippen molar-refractivity contribution in [3.8, 4) is 0 Å². The van der Waals surface area contributed by atoms with E-state index in [4.69, 9.17) is 11.6 Å². The first-order valence-corrected chi connectivity index (χ1v) is 13.2. The Bertz CT molecular complexity index is 1170. The van der Waals surface area contributed by atoms with Gasteiger partial charge in [-0.2, -0.15) is 13.2 Å². The van der Waals surface area contributed by atoms with Gasteiger partial charge in [0.05, 0.1) is 10.6 Å². The lowest BCUT2D eigenvalue weighted by Crippen LogP contribution is -2.57. The molecule has 2 N–H and O–H groups in total. The Balaban J connectivity index is 1.26. The second-order valence-electron chi connectivity index (χ2n) is 10.6. The third kappa shape index (κ3) is 5.50. The van der Waals surface area contributed by atoms with Crippen LogP contribution in [0.2, 0.25) is 5.02 Å². The molecule has 2 atom stereocenters. The number of likely N-dealkylation sites (tertiary alicyclic amines) is 1. The van der Waals surface area contributed by atoms with Crippen LogP contribution in [0.5, 0.6) is 0 Å². The molecule has 10 heteroatoms. The van der Waals surface area contributed by atoms with Gasteiger partial charge in [-0.1, -0.05) is 41.9 Å². The zero-order valence-electron chi connectivity index (χ0n) is 21.5. The lowest BCUT2D eigenvalue weighted by Gasteiger charge is -2.39. The van der Waals surface area contributed by atoms with Crippen LogP contribution < -0.4 is 5.32 Å². The van der Waals surface area contributed by atoms with Gasteiger partial charge in [-0.15, -0.1) is 0 Å². The van der Waals surface area contributed by atoms with E-state index < -0.39 is 23.2 Å². The van der Waals surface area contributed by atoms with E-state index in [-0.39, 0.29) is 24.4 Å². The van der Waals surface area contributed by atoms with Crippen LogP contribution in [0, 0.1) is 11.3 Å². The number of carbonyl (C=O) groups is 2. The maximum atomic E-state index is 13.9. The molecule has 2 amide bonds. The summed E-state index contributed by atoms with van der Waals surface area (Å²) in [5, 5.41) is 14.3. The average molecular weight is 552 g/mol. The molecule has 2 aromatic carbocycles. The van der Waals surface area contributed by atoms with E-state index in [0.717, 1.165) is 48.5 Å². The Labute approximate surface area is 225 Å². The summed E-state index contributed by atoms with van der Waals surface area (Å²) < 4.78 is 41.7. The number of amides is 2. The molecule has 0 aromatic heterocycles. The van der Waals surface area contributed by atoms with E-state index in [1.807, 2.05) is 6.07 Å². The van der Waals surface area contributed by atoms with Crippen molar-refractivity contribution < 1.29 is 27.9 Å². The highest BCUT2D eigenvalue weighted by molar-refractivity contribution is 6.34. The molecule has 1 saturated heterocycles. The lowest BCUT2D eigenvalue weighted by molar-refractivity contribution is -0.262. The Morgan fingerprint density at radius 1 is 1.13 bits per heavy atom. The van der Waals surface area contributed by atoms with E-state index >= 15 is 0 Å². The van der Waals surface area contributed by atoms with Gasteiger partial charge in [0.2, 0.25) is 0 Å². The van der Waals surface area contributed by atoms with Gasteiger partial charge in [0.15, 0.2) is 0 Å². The van der Waals surface area contributed by atoms with Crippen LogP contribution in [-0.4, -0.2) is 66.6 Å². The van der Waals surface area contributed by atoms with Crippen molar-refractivity contribution >= 4 is 29.1 Å². The predicted octanol–water partition coefficient (Wildman–Crippen LogP) is 5.31. The Morgan fingerprint density at radius 3 is 2.37 bits per heavy atom. The second kappa shape index (κ2) is 10.8. The summed E-state index contributed by atoms with van der Waals surface area (Å²) in [6.45, 7) is 1.13. The molecule has 1 spiro atoms. The summed E-state index contributed by atoms with van der Waals surface area (Å²) in [6, 6.07) is 11.8. The molecule has 2 fully saturated rings. The van der Waals surface area contributed by atoms with Crippen LogP contribution in [-0.2, 0) is 10.4 Å². The smallest absolute Gasteiger partial charge is 0.385 e. The summed E-state index contributed by atoms with van der Waals surface area (Å²) in [5.41, 5.74) is -2.66. The zero-order valence-corrected chi connectivity index (χ0v) is 22.3. The maximum Gasteiger partial charge on any atom is 0.430 e. The van der Waals surface area contributed by atoms with E-state index in [1.165, 1.54) is 23.1 Å². The molecular formula is C28H33ClF3N3O3. The second-order valence-corrected chi connectivity index (χ2v) is 11.0. The van der Waals surface area contributed by atoms with Gasteiger partial charge in [-0.05, 0) is 61.6 Å². The topological polar surface area (TPSA) is 72.9 Å². The summed E-state index contributed by atoms with van der Waals surface area (Å²) in [5.74, 6) is -0.984. The average Bonchev–Trinajstić information content (AvgIpc) is 3.56. The molecule has 1 heterocycles. The summed E-state index contributed by atoms with van der Waals surface area (Å²) in [7, 11) is 3.34. The number of hydrogen-bond donors (Lipinski definition) is 2. The van der Waals surface area contributed by atoms with Gasteiger partial charge in [0.25, 0.3) is 17.4 Å². The lowest BCUT2D eigenvalue weighted by atomic mass is 9.86. The minimum atomic E-state index is -5.12. The van der Waals surface area contributed by atoms with Gasteiger partial charge in [0, 0.05) is 45.0 Å². The monoisotopic (exact) mass is 551 g/mol. The first-order valence-electron chi connectivity index (χ1n) is 12.8. The molecule has 206 valence electrons. The number of anilines is 1. The number of hydrogen-bond acceptors (Lipinski definition) is 4. The van der Waals surface area contributed by atoms with Crippen LogP contribution in [0.4, 0.5) is 18.9 Å². The maximum absolute atomic E-state index is 13.9. The quantitative estimate of drug-likeness (QED) is 0.436. The van der Waals surface area contributed by atoms with Crippen molar-refractivity contribution in [2.75, 3.05) is 39.0 Å². The standard InChI is InChI=1S/C28H33ClF3N3O3/c1-34(2)24(36)22-11-10-21(17-23(22)29)33-14-6-9-20-18-26(20)12-15-35(16-13-26)25(37)27(38,28(30,31)32)19-7-4-3-5-8-19/h3-5,7-8,10-11,17,20,33,38H,6,9,12-16,18H2,1-2H3/t20-,27+/m0/s1. The third-order valence-electron chi connectivity index (χ3n) is 7.98. The predicted molar refractivity (Wildman–Crippen MR) is 140 cm³/mol. The van der Waals surface area contributed by atoms with Crippen molar-refractivity contribution in [2.24, 2.45) is 11.3 Å². The SMILES string of the molecule is CN(C)C(=O)c1ccc(NCCC[C@H]2CC23CCN(C(=O)[C@](O)(c2ccccc2)C(F)(F)F)CC3)cc1Cl. The number of halogens is 4. The summed E-state index contributed by atoms with van der Waals surface area (Å²) >= 11 is 6.27. The van der Waals surface area contributed by atoms with Crippen molar-refractivity contribution in [1.29, 1.82) is 0 Å². The first kappa shape index (κ1) is 28.2. The highest BCUT2D eigenvalue weighted by atomic mass is 35.5. The molecule has 38 heavy (non-hydrogen) atoms. The van der Waals surface area contributed by atoms with E-state index in [1.54, 1.807) is 26.2 Å². The van der Waals surface area contributed by atoms with Crippen molar-refractivity contribution in [3.63, 3.8) is 0 Å². The minimum Gasteiger partial charge on any atom is -0.385 e. The fraction of sp³-hybridized carbons (Fsp3) is 0.500. The fourth-order valence-corrected chi connectivity index (χ4v) is 5.81. The number of nitrogens with one attached hydrogen (secondary N) is 1. The molecule has 4 rings (SSSR count). The molecule has 2 aliphatic rings. The van der Waals surface area contributed by atoms with Crippen LogP contribution >= 0.6 is 11.6 Å². The van der Waals surface area contributed by atoms with E-state index in [9.17, 15) is 27.9 Å².